The van der Waals surface area contributed by atoms with Gasteiger partial charge < -0.3 is 4.90 Å². The Morgan fingerprint density at radius 2 is 1.90 bits per heavy atom. The molecule has 0 aromatic carbocycles. The van der Waals surface area contributed by atoms with Gasteiger partial charge in [0.05, 0.1) is 10.5 Å². The average molecular weight is 459 g/mol. The third-order valence-electron chi connectivity index (χ3n) is 5.05. The van der Waals surface area contributed by atoms with Crippen molar-refractivity contribution in [2.24, 2.45) is 5.92 Å². The molecule has 1 amide bonds. The Morgan fingerprint density at radius 1 is 1.23 bits per heavy atom. The fraction of sp³-hybridized carbons (Fsp3) is 0.478. The fourth-order valence-electron chi connectivity index (χ4n) is 3.68. The molecule has 0 atom stereocenters. The zero-order valence-electron chi connectivity index (χ0n) is 18.8. The summed E-state index contributed by atoms with van der Waals surface area (Å²) < 4.78 is 2.10. The van der Waals surface area contributed by atoms with Gasteiger partial charge in [0.25, 0.3) is 11.5 Å². The van der Waals surface area contributed by atoms with Crippen molar-refractivity contribution in [2.75, 3.05) is 24.5 Å². The van der Waals surface area contributed by atoms with Crippen molar-refractivity contribution in [3.63, 3.8) is 0 Å². The molecule has 1 saturated heterocycles. The number of nitrogens with zero attached hydrogens (tertiary/aromatic N) is 4. The molecule has 166 valence electrons. The molecule has 0 aliphatic carbocycles. The van der Waals surface area contributed by atoms with Crippen molar-refractivity contribution in [3.05, 3.63) is 44.7 Å². The Balaban J connectivity index is 2.21. The Bertz CT molecular complexity index is 1080. The monoisotopic (exact) mass is 458 g/mol. The summed E-state index contributed by atoms with van der Waals surface area (Å²) in [5.41, 5.74) is 1.85. The number of carbonyl (C=O) groups is 1. The van der Waals surface area contributed by atoms with E-state index in [9.17, 15) is 9.59 Å². The largest absolute Gasteiger partial charge is 0.356 e. The van der Waals surface area contributed by atoms with Gasteiger partial charge in [-0.15, -0.1) is 0 Å². The zero-order chi connectivity index (χ0) is 22.7. The predicted octanol–water partition coefficient (Wildman–Crippen LogP) is 4.49. The molecule has 2 aromatic heterocycles. The van der Waals surface area contributed by atoms with E-state index in [2.05, 4.69) is 32.6 Å². The van der Waals surface area contributed by atoms with Gasteiger partial charge >= 0.3 is 0 Å². The molecule has 0 radical (unpaired) electrons. The highest BCUT2D eigenvalue weighted by Crippen LogP contribution is 2.34. The standard InChI is InChI=1S/C23H30N4O2S2/c1-6-10-25(11-7-2)20-17(21(28)26-12-8-9-16(5)19(26)24-20)13-18-22(29)27(14-15(3)4)23(30)31-18/h8-9,12-13,15H,6-7,10-11,14H2,1-5H3/b18-13-. The topological polar surface area (TPSA) is 57.9 Å². The lowest BCUT2D eigenvalue weighted by molar-refractivity contribution is -0.122. The van der Waals surface area contributed by atoms with Gasteiger partial charge in [-0.1, -0.05) is 57.7 Å². The highest BCUT2D eigenvalue weighted by molar-refractivity contribution is 8.26. The lowest BCUT2D eigenvalue weighted by atomic mass is 10.2. The summed E-state index contributed by atoms with van der Waals surface area (Å²) in [6.07, 6.45) is 5.29. The number of fused-ring (bicyclic) bond motifs is 1. The van der Waals surface area contributed by atoms with Gasteiger partial charge in [-0.05, 0) is 43.4 Å². The van der Waals surface area contributed by atoms with Crippen LogP contribution in [0, 0.1) is 12.8 Å². The molecule has 3 rings (SSSR count). The molecule has 8 heteroatoms. The van der Waals surface area contributed by atoms with Crippen LogP contribution < -0.4 is 10.5 Å². The van der Waals surface area contributed by atoms with E-state index >= 15 is 0 Å². The first kappa shape index (κ1) is 23.5. The summed E-state index contributed by atoms with van der Waals surface area (Å²) in [4.78, 5) is 35.7. The van der Waals surface area contributed by atoms with Crippen molar-refractivity contribution in [2.45, 2.75) is 47.5 Å². The summed E-state index contributed by atoms with van der Waals surface area (Å²) in [6, 6.07) is 3.79. The second kappa shape index (κ2) is 9.96. The van der Waals surface area contributed by atoms with E-state index in [1.54, 1.807) is 21.6 Å². The van der Waals surface area contributed by atoms with E-state index < -0.39 is 0 Å². The Kier molecular flexibility index (Phi) is 7.54. The maximum Gasteiger partial charge on any atom is 0.267 e. The van der Waals surface area contributed by atoms with Crippen LogP contribution in [0.3, 0.4) is 0 Å². The molecule has 0 spiro atoms. The molecular formula is C23H30N4O2S2. The van der Waals surface area contributed by atoms with Crippen LogP contribution >= 0.6 is 24.0 Å². The molecule has 3 heterocycles. The van der Waals surface area contributed by atoms with Crippen molar-refractivity contribution in [1.29, 1.82) is 0 Å². The van der Waals surface area contributed by atoms with Crippen molar-refractivity contribution < 1.29 is 4.79 Å². The summed E-state index contributed by atoms with van der Waals surface area (Å²) in [6.45, 7) is 12.4. The molecule has 0 bridgehead atoms. The molecule has 2 aromatic rings. The van der Waals surface area contributed by atoms with Gasteiger partial charge in [0.15, 0.2) is 0 Å². The van der Waals surface area contributed by atoms with E-state index in [1.807, 2.05) is 19.1 Å². The normalized spacial score (nSPS) is 15.7. The number of thioether (sulfide) groups is 1. The summed E-state index contributed by atoms with van der Waals surface area (Å²) in [5.74, 6) is 0.802. The smallest absolute Gasteiger partial charge is 0.267 e. The molecule has 1 aliphatic rings. The van der Waals surface area contributed by atoms with Crippen LogP contribution in [0.4, 0.5) is 5.82 Å². The first-order valence-corrected chi connectivity index (χ1v) is 12.0. The van der Waals surface area contributed by atoms with Gasteiger partial charge in [-0.2, -0.15) is 0 Å². The van der Waals surface area contributed by atoms with Crippen LogP contribution in [-0.4, -0.2) is 44.1 Å². The minimum Gasteiger partial charge on any atom is -0.356 e. The number of anilines is 1. The molecular weight excluding hydrogens is 428 g/mol. The number of pyridine rings is 1. The van der Waals surface area contributed by atoms with Crippen LogP contribution in [0.2, 0.25) is 0 Å². The second-order valence-electron chi connectivity index (χ2n) is 8.21. The molecule has 1 fully saturated rings. The first-order valence-electron chi connectivity index (χ1n) is 10.8. The Morgan fingerprint density at radius 3 is 2.52 bits per heavy atom. The fourth-order valence-corrected chi connectivity index (χ4v) is 4.94. The van der Waals surface area contributed by atoms with Gasteiger partial charge in [0.2, 0.25) is 0 Å². The number of aryl methyl sites for hydroxylation is 1. The number of carbonyl (C=O) groups excluding carboxylic acids is 1. The summed E-state index contributed by atoms with van der Waals surface area (Å²) >= 11 is 6.70. The van der Waals surface area contributed by atoms with E-state index in [-0.39, 0.29) is 11.5 Å². The Labute approximate surface area is 193 Å². The van der Waals surface area contributed by atoms with Gasteiger partial charge in [-0.3, -0.25) is 18.9 Å². The molecule has 6 nitrogen and oxygen atoms in total. The highest BCUT2D eigenvalue weighted by atomic mass is 32.2. The third kappa shape index (κ3) is 4.85. The maximum absolute atomic E-state index is 13.5. The highest BCUT2D eigenvalue weighted by Gasteiger charge is 2.33. The molecule has 0 saturated carbocycles. The number of thiocarbonyl (C=S) groups is 1. The quantitative estimate of drug-likeness (QED) is 0.429. The molecule has 31 heavy (non-hydrogen) atoms. The lowest BCUT2D eigenvalue weighted by Gasteiger charge is -2.25. The van der Waals surface area contributed by atoms with Crippen LogP contribution in [-0.2, 0) is 4.79 Å². The maximum atomic E-state index is 13.5. The minimum absolute atomic E-state index is 0.138. The number of amides is 1. The van der Waals surface area contributed by atoms with Crippen LogP contribution in [0.25, 0.3) is 11.7 Å². The van der Waals surface area contributed by atoms with Crippen LogP contribution in [0.15, 0.2) is 28.0 Å². The molecule has 1 aliphatic heterocycles. The van der Waals surface area contributed by atoms with Gasteiger partial charge in [0, 0.05) is 25.8 Å². The van der Waals surface area contributed by atoms with E-state index in [0.29, 0.717) is 38.7 Å². The Hall–Kier alpha value is -2.19. The van der Waals surface area contributed by atoms with Crippen molar-refractivity contribution in [1.82, 2.24) is 14.3 Å². The number of aromatic nitrogens is 2. The summed E-state index contributed by atoms with van der Waals surface area (Å²) in [5, 5.41) is 0. The van der Waals surface area contributed by atoms with E-state index in [1.165, 1.54) is 11.8 Å². The van der Waals surface area contributed by atoms with Gasteiger partial charge in [-0.25, -0.2) is 4.98 Å². The molecule has 0 N–H and O–H groups in total. The summed E-state index contributed by atoms with van der Waals surface area (Å²) in [7, 11) is 0. The first-order chi connectivity index (χ1) is 14.8. The number of hydrogen-bond donors (Lipinski definition) is 0. The SMILES string of the molecule is CCCN(CCC)c1nc2c(C)cccn2c(=O)c1/C=C1\SC(=S)N(CC(C)C)C1=O. The minimum atomic E-state index is -0.171. The van der Waals surface area contributed by atoms with Crippen LogP contribution in [0.5, 0.6) is 0 Å². The predicted molar refractivity (Wildman–Crippen MR) is 134 cm³/mol. The zero-order valence-corrected chi connectivity index (χ0v) is 20.5. The average Bonchev–Trinajstić information content (AvgIpc) is 2.97. The van der Waals surface area contributed by atoms with Gasteiger partial charge in [0.1, 0.15) is 15.8 Å². The molecule has 0 unspecified atom stereocenters. The van der Waals surface area contributed by atoms with Crippen LogP contribution in [0.1, 0.15) is 51.7 Å². The van der Waals surface area contributed by atoms with Crippen molar-refractivity contribution in [3.8, 4) is 0 Å². The second-order valence-corrected chi connectivity index (χ2v) is 9.89. The number of rotatable bonds is 8. The lowest BCUT2D eigenvalue weighted by Crippen LogP contribution is -2.32. The number of hydrogen-bond acceptors (Lipinski definition) is 6. The van der Waals surface area contributed by atoms with E-state index in [4.69, 9.17) is 17.2 Å². The van der Waals surface area contributed by atoms with E-state index in [0.717, 1.165) is 31.5 Å². The third-order valence-corrected chi connectivity index (χ3v) is 6.43. The van der Waals surface area contributed by atoms with Crippen molar-refractivity contribution >= 4 is 51.7 Å².